The summed E-state index contributed by atoms with van der Waals surface area (Å²) in [6, 6.07) is 5.98. The average molecular weight is 282 g/mol. The average Bonchev–Trinajstić information content (AvgIpc) is 2.24. The Morgan fingerprint density at radius 1 is 1.16 bits per heavy atom. The molecule has 1 rings (SSSR count). The van der Waals surface area contributed by atoms with Crippen LogP contribution in [0.5, 0.6) is 0 Å². The highest BCUT2D eigenvalue weighted by Crippen LogP contribution is 2.20. The summed E-state index contributed by atoms with van der Waals surface area (Å²) in [5.74, 6) is -0.514. The van der Waals surface area contributed by atoms with Gasteiger partial charge in [0.25, 0.3) is 0 Å². The van der Waals surface area contributed by atoms with Gasteiger partial charge in [0, 0.05) is 6.26 Å². The zero-order valence-electron chi connectivity index (χ0n) is 11.6. The van der Waals surface area contributed by atoms with Crippen molar-refractivity contribution in [2.24, 2.45) is 0 Å². The third-order valence-corrected chi connectivity index (χ3v) is 3.40. The Bertz CT molecular complexity index is 589. The molecule has 0 aliphatic carbocycles. The van der Waals surface area contributed by atoms with Crippen molar-refractivity contribution in [2.45, 2.75) is 31.3 Å². The topological polar surface area (TPSA) is 60.4 Å². The van der Waals surface area contributed by atoms with Crippen molar-refractivity contribution in [3.8, 4) is 0 Å². The first-order valence-electron chi connectivity index (χ1n) is 5.73. The van der Waals surface area contributed by atoms with Crippen molar-refractivity contribution >= 4 is 21.4 Å². The molecule has 104 valence electrons. The molecule has 0 saturated heterocycles. The van der Waals surface area contributed by atoms with Gasteiger partial charge in [-0.2, -0.15) is 0 Å². The second-order valence-electron chi connectivity index (χ2n) is 5.28. The molecule has 0 unspecified atom stereocenters. The summed E-state index contributed by atoms with van der Waals surface area (Å²) in [5, 5.41) is 0. The molecule has 1 aromatic rings. The second kappa shape index (κ2) is 5.17. The molecule has 0 radical (unpaired) electrons. The van der Waals surface area contributed by atoms with Crippen LogP contribution in [-0.4, -0.2) is 26.2 Å². The number of esters is 1. The molecule has 4 nitrogen and oxygen atoms in total. The maximum Gasteiger partial charge on any atom is 0.338 e. The van der Waals surface area contributed by atoms with Gasteiger partial charge < -0.3 is 4.74 Å². The van der Waals surface area contributed by atoms with E-state index < -0.39 is 21.4 Å². The number of carbonyl (C=O) groups excluding carboxylic acids is 1. The number of carbonyl (C=O) groups is 1. The van der Waals surface area contributed by atoms with Crippen LogP contribution in [0.3, 0.4) is 0 Å². The zero-order chi connectivity index (χ0) is 14.8. The summed E-state index contributed by atoms with van der Waals surface area (Å²) in [7, 11) is -3.24. The number of sulfone groups is 1. The van der Waals surface area contributed by atoms with Crippen molar-refractivity contribution in [3.05, 3.63) is 36.4 Å². The van der Waals surface area contributed by atoms with Crippen LogP contribution in [0.25, 0.3) is 5.57 Å². The predicted octanol–water partition coefficient (Wildman–Crippen LogP) is 2.45. The van der Waals surface area contributed by atoms with Crippen molar-refractivity contribution in [3.63, 3.8) is 0 Å². The number of rotatable bonds is 3. The van der Waals surface area contributed by atoms with Gasteiger partial charge in [-0.05, 0) is 38.5 Å². The van der Waals surface area contributed by atoms with E-state index in [1.165, 1.54) is 12.1 Å². The minimum absolute atomic E-state index is 0.202. The van der Waals surface area contributed by atoms with Gasteiger partial charge in [-0.3, -0.25) is 0 Å². The number of hydrogen-bond acceptors (Lipinski definition) is 4. The maximum atomic E-state index is 11.8. The van der Waals surface area contributed by atoms with Gasteiger partial charge in [-0.25, -0.2) is 13.2 Å². The first kappa shape index (κ1) is 15.4. The van der Waals surface area contributed by atoms with Crippen molar-refractivity contribution < 1.29 is 17.9 Å². The van der Waals surface area contributed by atoms with Gasteiger partial charge in [-0.1, -0.05) is 18.7 Å². The first-order chi connectivity index (χ1) is 8.50. The molecule has 0 heterocycles. The van der Waals surface area contributed by atoms with E-state index in [0.717, 1.165) is 6.26 Å². The largest absolute Gasteiger partial charge is 0.456 e. The fourth-order valence-electron chi connectivity index (χ4n) is 1.36. The van der Waals surface area contributed by atoms with E-state index in [4.69, 9.17) is 4.74 Å². The van der Waals surface area contributed by atoms with Crippen LogP contribution in [0.15, 0.2) is 35.7 Å². The smallest absolute Gasteiger partial charge is 0.338 e. The molecule has 0 aliphatic heterocycles. The third kappa shape index (κ3) is 4.52. The molecule has 0 bridgehead atoms. The SMILES string of the molecule is C=C(C(=O)OC(C)(C)C)c1ccc(S(C)(=O)=O)cc1. The summed E-state index contributed by atoms with van der Waals surface area (Å²) in [4.78, 5) is 12.0. The summed E-state index contributed by atoms with van der Waals surface area (Å²) >= 11 is 0. The van der Waals surface area contributed by atoms with Gasteiger partial charge in [0.05, 0.1) is 10.5 Å². The highest BCUT2D eigenvalue weighted by atomic mass is 32.2. The highest BCUT2D eigenvalue weighted by Gasteiger charge is 2.19. The van der Waals surface area contributed by atoms with Crippen LogP contribution in [0.1, 0.15) is 26.3 Å². The lowest BCUT2D eigenvalue weighted by Gasteiger charge is -2.20. The van der Waals surface area contributed by atoms with Gasteiger partial charge in [0.1, 0.15) is 5.60 Å². The van der Waals surface area contributed by atoms with E-state index in [1.807, 2.05) is 0 Å². The first-order valence-corrected chi connectivity index (χ1v) is 7.62. The van der Waals surface area contributed by atoms with Crippen LogP contribution < -0.4 is 0 Å². The lowest BCUT2D eigenvalue weighted by atomic mass is 10.1. The summed E-state index contributed by atoms with van der Waals surface area (Å²) in [6.07, 6.45) is 1.13. The number of benzene rings is 1. The van der Waals surface area contributed by atoms with Gasteiger partial charge in [-0.15, -0.1) is 0 Å². The molecule has 0 aliphatic rings. The van der Waals surface area contributed by atoms with E-state index in [2.05, 4.69) is 6.58 Å². The van der Waals surface area contributed by atoms with E-state index in [9.17, 15) is 13.2 Å². The summed E-state index contributed by atoms with van der Waals surface area (Å²) < 4.78 is 27.8. The van der Waals surface area contributed by atoms with Crippen LogP contribution >= 0.6 is 0 Å². The van der Waals surface area contributed by atoms with Crippen LogP contribution in [-0.2, 0) is 19.4 Å². The third-order valence-electron chi connectivity index (χ3n) is 2.28. The van der Waals surface area contributed by atoms with Crippen LogP contribution in [0, 0.1) is 0 Å². The van der Waals surface area contributed by atoms with E-state index in [0.29, 0.717) is 5.56 Å². The fraction of sp³-hybridized carbons (Fsp3) is 0.357. The molecule has 0 fully saturated rings. The van der Waals surface area contributed by atoms with Crippen molar-refractivity contribution in [1.29, 1.82) is 0 Å². The fourth-order valence-corrected chi connectivity index (χ4v) is 1.99. The molecule has 0 aromatic heterocycles. The van der Waals surface area contributed by atoms with E-state index >= 15 is 0 Å². The molecule has 5 heteroatoms. The van der Waals surface area contributed by atoms with Crippen molar-refractivity contribution in [1.82, 2.24) is 0 Å². The van der Waals surface area contributed by atoms with Gasteiger partial charge in [0.15, 0.2) is 9.84 Å². The quantitative estimate of drug-likeness (QED) is 0.631. The Labute approximate surface area is 114 Å². The lowest BCUT2D eigenvalue weighted by Crippen LogP contribution is -2.24. The van der Waals surface area contributed by atoms with Crippen LogP contribution in [0.2, 0.25) is 0 Å². The van der Waals surface area contributed by atoms with E-state index in [-0.39, 0.29) is 10.5 Å². The molecule has 0 atom stereocenters. The van der Waals surface area contributed by atoms with Crippen LogP contribution in [0.4, 0.5) is 0 Å². The Kier molecular flexibility index (Phi) is 4.20. The lowest BCUT2D eigenvalue weighted by molar-refractivity contribution is -0.147. The zero-order valence-corrected chi connectivity index (χ0v) is 12.4. The summed E-state index contributed by atoms with van der Waals surface area (Å²) in [5.41, 5.74) is 0.156. The predicted molar refractivity (Wildman–Crippen MR) is 74.4 cm³/mol. The molecule has 19 heavy (non-hydrogen) atoms. The Balaban J connectivity index is 2.93. The molecule has 1 aromatic carbocycles. The Hall–Kier alpha value is -1.62. The Morgan fingerprint density at radius 2 is 1.63 bits per heavy atom. The van der Waals surface area contributed by atoms with Gasteiger partial charge >= 0.3 is 5.97 Å². The number of hydrogen-bond donors (Lipinski definition) is 0. The molecular formula is C14H18O4S. The Morgan fingerprint density at radius 3 is 2.00 bits per heavy atom. The van der Waals surface area contributed by atoms with E-state index in [1.54, 1.807) is 32.9 Å². The summed E-state index contributed by atoms with van der Waals surface area (Å²) in [6.45, 7) is 8.98. The normalized spacial score (nSPS) is 12.0. The maximum absolute atomic E-state index is 11.8. The standard InChI is InChI=1S/C14H18O4S/c1-10(13(15)18-14(2,3)4)11-6-8-12(9-7-11)19(5,16)17/h6-9H,1H2,2-5H3. The van der Waals surface area contributed by atoms with Gasteiger partial charge in [0.2, 0.25) is 0 Å². The minimum Gasteiger partial charge on any atom is -0.456 e. The minimum atomic E-state index is -3.24. The second-order valence-corrected chi connectivity index (χ2v) is 7.29. The van der Waals surface area contributed by atoms with Crippen molar-refractivity contribution in [2.75, 3.05) is 6.26 Å². The molecule has 0 spiro atoms. The molecule has 0 amide bonds. The number of ether oxygens (including phenoxy) is 1. The monoisotopic (exact) mass is 282 g/mol. The molecule has 0 N–H and O–H groups in total. The highest BCUT2D eigenvalue weighted by molar-refractivity contribution is 7.90. The molecule has 0 saturated carbocycles. The molecular weight excluding hydrogens is 264 g/mol.